The van der Waals surface area contributed by atoms with Crippen molar-refractivity contribution in [1.82, 2.24) is 0 Å². The fourth-order valence-corrected chi connectivity index (χ4v) is 1.19. The predicted octanol–water partition coefficient (Wildman–Crippen LogP) is 3.58. The molecule has 72 valence electrons. The molecule has 0 aliphatic carbocycles. The molecule has 0 aliphatic rings. The molecular formula is C10H12BrFO. The molecule has 1 aromatic rings. The number of rotatable bonds is 3. The maximum absolute atomic E-state index is 13.0. The lowest BCUT2D eigenvalue weighted by Gasteiger charge is -2.15. The first-order valence-electron chi connectivity index (χ1n) is 4.05. The van der Waals surface area contributed by atoms with Crippen LogP contribution in [0.5, 0.6) is 5.75 Å². The maximum atomic E-state index is 13.0. The van der Waals surface area contributed by atoms with Crippen LogP contribution in [0.4, 0.5) is 4.39 Å². The second-order valence-electron chi connectivity index (χ2n) is 3.46. The van der Waals surface area contributed by atoms with E-state index in [1.54, 1.807) is 6.07 Å². The molecule has 0 heterocycles. The molecule has 0 bridgehead atoms. The van der Waals surface area contributed by atoms with Gasteiger partial charge in [0.15, 0.2) is 0 Å². The molecule has 1 rings (SSSR count). The summed E-state index contributed by atoms with van der Waals surface area (Å²) in [6, 6.07) is 7.36. The van der Waals surface area contributed by atoms with Crippen LogP contribution in [0.2, 0.25) is 0 Å². The lowest BCUT2D eigenvalue weighted by molar-refractivity contribution is 0.121. The van der Waals surface area contributed by atoms with E-state index in [1.807, 2.05) is 18.2 Å². The average molecular weight is 247 g/mol. The van der Waals surface area contributed by atoms with Crippen LogP contribution in [0, 0.1) is 0 Å². The van der Waals surface area contributed by atoms with Gasteiger partial charge in [0, 0.05) is 4.47 Å². The van der Waals surface area contributed by atoms with Gasteiger partial charge in [0.25, 0.3) is 0 Å². The van der Waals surface area contributed by atoms with Crippen molar-refractivity contribution in [3.05, 3.63) is 28.7 Å². The molecule has 0 radical (unpaired) electrons. The third-order valence-corrected chi connectivity index (χ3v) is 1.87. The minimum Gasteiger partial charge on any atom is -0.490 e. The molecule has 1 nitrogen and oxygen atoms in total. The van der Waals surface area contributed by atoms with Crippen LogP contribution in [-0.4, -0.2) is 12.3 Å². The van der Waals surface area contributed by atoms with Crippen molar-refractivity contribution in [3.8, 4) is 5.75 Å². The molecule has 0 spiro atoms. The summed E-state index contributed by atoms with van der Waals surface area (Å²) in [6.45, 7) is 3.05. The van der Waals surface area contributed by atoms with Gasteiger partial charge in [0.2, 0.25) is 0 Å². The summed E-state index contributed by atoms with van der Waals surface area (Å²) in [4.78, 5) is 0. The zero-order chi connectivity index (χ0) is 9.90. The molecule has 0 saturated carbocycles. The zero-order valence-electron chi connectivity index (χ0n) is 7.68. The lowest BCUT2D eigenvalue weighted by atomic mass is 10.2. The van der Waals surface area contributed by atoms with Crippen LogP contribution in [-0.2, 0) is 0 Å². The fourth-order valence-electron chi connectivity index (χ4n) is 0.812. The van der Waals surface area contributed by atoms with Crippen molar-refractivity contribution in [2.75, 3.05) is 6.61 Å². The topological polar surface area (TPSA) is 9.23 Å². The van der Waals surface area contributed by atoms with E-state index in [4.69, 9.17) is 4.74 Å². The standard InChI is InChI=1S/C10H12BrFO/c1-10(2,12)7-13-9-5-3-4-8(11)6-9/h3-6H,7H2,1-2H3. The van der Waals surface area contributed by atoms with Gasteiger partial charge in [0.1, 0.15) is 18.0 Å². The first-order valence-corrected chi connectivity index (χ1v) is 4.84. The first-order chi connectivity index (χ1) is 5.97. The van der Waals surface area contributed by atoms with E-state index in [-0.39, 0.29) is 6.61 Å². The smallest absolute Gasteiger partial charge is 0.139 e. The molecule has 0 aliphatic heterocycles. The minimum absolute atomic E-state index is 0.0729. The number of ether oxygens (including phenoxy) is 1. The van der Waals surface area contributed by atoms with Crippen molar-refractivity contribution in [1.29, 1.82) is 0 Å². The largest absolute Gasteiger partial charge is 0.490 e. The van der Waals surface area contributed by atoms with Gasteiger partial charge >= 0.3 is 0 Å². The Morgan fingerprint density at radius 2 is 2.15 bits per heavy atom. The highest BCUT2D eigenvalue weighted by Gasteiger charge is 2.16. The van der Waals surface area contributed by atoms with Gasteiger partial charge in [-0.1, -0.05) is 22.0 Å². The fraction of sp³-hybridized carbons (Fsp3) is 0.400. The van der Waals surface area contributed by atoms with E-state index in [1.165, 1.54) is 13.8 Å². The van der Waals surface area contributed by atoms with Crippen molar-refractivity contribution >= 4 is 15.9 Å². The number of halogens is 2. The van der Waals surface area contributed by atoms with Gasteiger partial charge in [-0.15, -0.1) is 0 Å². The highest BCUT2D eigenvalue weighted by atomic mass is 79.9. The Bertz CT molecular complexity index is 280. The van der Waals surface area contributed by atoms with Gasteiger partial charge in [-0.2, -0.15) is 0 Å². The molecule has 0 N–H and O–H groups in total. The molecule has 13 heavy (non-hydrogen) atoms. The summed E-state index contributed by atoms with van der Waals surface area (Å²) in [6.07, 6.45) is 0. The van der Waals surface area contributed by atoms with E-state index in [9.17, 15) is 4.39 Å². The molecule has 0 unspecified atom stereocenters. The molecule has 3 heteroatoms. The number of benzene rings is 1. The quantitative estimate of drug-likeness (QED) is 0.793. The number of hydrogen-bond acceptors (Lipinski definition) is 1. The third-order valence-electron chi connectivity index (χ3n) is 1.38. The molecule has 0 aromatic heterocycles. The summed E-state index contributed by atoms with van der Waals surface area (Å²) >= 11 is 3.31. The normalized spacial score (nSPS) is 11.4. The second-order valence-corrected chi connectivity index (χ2v) is 4.38. The molecule has 0 amide bonds. The number of hydrogen-bond donors (Lipinski definition) is 0. The molecule has 0 fully saturated rings. The Kier molecular flexibility index (Phi) is 3.31. The monoisotopic (exact) mass is 246 g/mol. The van der Waals surface area contributed by atoms with E-state index >= 15 is 0 Å². The average Bonchev–Trinajstić information content (AvgIpc) is 2.00. The van der Waals surface area contributed by atoms with Crippen LogP contribution in [0.15, 0.2) is 28.7 Å². The summed E-state index contributed by atoms with van der Waals surface area (Å²) < 4.78 is 19.2. The first kappa shape index (κ1) is 10.5. The van der Waals surface area contributed by atoms with Crippen molar-refractivity contribution in [2.24, 2.45) is 0 Å². The van der Waals surface area contributed by atoms with E-state index in [2.05, 4.69) is 15.9 Å². The molecular weight excluding hydrogens is 235 g/mol. The molecule has 0 saturated heterocycles. The summed E-state index contributed by atoms with van der Waals surface area (Å²) in [5.41, 5.74) is -1.29. The predicted molar refractivity (Wildman–Crippen MR) is 54.8 cm³/mol. The van der Waals surface area contributed by atoms with E-state index in [0.29, 0.717) is 5.75 Å². The summed E-state index contributed by atoms with van der Waals surface area (Å²) in [5.74, 6) is 0.681. The highest BCUT2D eigenvalue weighted by molar-refractivity contribution is 9.10. The van der Waals surface area contributed by atoms with Crippen molar-refractivity contribution in [3.63, 3.8) is 0 Å². The second kappa shape index (κ2) is 4.09. The zero-order valence-corrected chi connectivity index (χ0v) is 9.27. The summed E-state index contributed by atoms with van der Waals surface area (Å²) in [7, 11) is 0. The van der Waals surface area contributed by atoms with E-state index < -0.39 is 5.67 Å². The summed E-state index contributed by atoms with van der Waals surface area (Å²) in [5, 5.41) is 0. The third kappa shape index (κ3) is 4.27. The van der Waals surface area contributed by atoms with Crippen LogP contribution < -0.4 is 4.74 Å². The Morgan fingerprint density at radius 3 is 2.69 bits per heavy atom. The van der Waals surface area contributed by atoms with Crippen molar-refractivity contribution < 1.29 is 9.13 Å². The van der Waals surface area contributed by atoms with Gasteiger partial charge in [-0.05, 0) is 32.0 Å². The molecule has 0 atom stereocenters. The van der Waals surface area contributed by atoms with Crippen LogP contribution >= 0.6 is 15.9 Å². The highest BCUT2D eigenvalue weighted by Crippen LogP contribution is 2.19. The van der Waals surface area contributed by atoms with Crippen LogP contribution in [0.3, 0.4) is 0 Å². The van der Waals surface area contributed by atoms with Crippen molar-refractivity contribution in [2.45, 2.75) is 19.5 Å². The van der Waals surface area contributed by atoms with Crippen LogP contribution in [0.25, 0.3) is 0 Å². The van der Waals surface area contributed by atoms with Gasteiger partial charge in [-0.3, -0.25) is 0 Å². The lowest BCUT2D eigenvalue weighted by Crippen LogP contribution is -2.22. The van der Waals surface area contributed by atoms with Crippen LogP contribution in [0.1, 0.15) is 13.8 Å². The number of alkyl halides is 1. The van der Waals surface area contributed by atoms with Gasteiger partial charge < -0.3 is 4.74 Å². The van der Waals surface area contributed by atoms with Gasteiger partial charge in [0.05, 0.1) is 0 Å². The Balaban J connectivity index is 2.55. The van der Waals surface area contributed by atoms with E-state index in [0.717, 1.165) is 4.47 Å². The minimum atomic E-state index is -1.29. The SMILES string of the molecule is CC(C)(F)COc1cccc(Br)c1. The molecule has 1 aromatic carbocycles. The van der Waals surface area contributed by atoms with Gasteiger partial charge in [-0.25, -0.2) is 4.39 Å². The Hall–Kier alpha value is -0.570. The Labute approximate surface area is 86.0 Å². The Morgan fingerprint density at radius 1 is 1.46 bits per heavy atom. The maximum Gasteiger partial charge on any atom is 0.139 e.